The number of nitrogens with one attached hydrogen (secondary N) is 1. The topological polar surface area (TPSA) is 82.1 Å². The molecule has 0 aromatic heterocycles. The van der Waals surface area contributed by atoms with E-state index in [4.69, 9.17) is 9.84 Å². The van der Waals surface area contributed by atoms with Gasteiger partial charge in [0.1, 0.15) is 18.0 Å². The molecule has 2 atom stereocenters. The second-order valence-electron chi connectivity index (χ2n) is 8.83. The first kappa shape index (κ1) is 27.5. The summed E-state index contributed by atoms with van der Waals surface area (Å²) in [6.45, 7) is 4.60. The van der Waals surface area contributed by atoms with Crippen molar-refractivity contribution in [3.8, 4) is 0 Å². The second kappa shape index (κ2) is 12.7. The third-order valence-corrected chi connectivity index (χ3v) is 6.57. The molecule has 7 nitrogen and oxygen atoms in total. The van der Waals surface area contributed by atoms with Gasteiger partial charge >= 0.3 is 12.1 Å². The number of cyclic esters (lactones) is 1. The lowest BCUT2D eigenvalue weighted by Crippen LogP contribution is -2.43. The fourth-order valence-electron chi connectivity index (χ4n) is 4.74. The van der Waals surface area contributed by atoms with Crippen LogP contribution in [-0.4, -0.2) is 66.4 Å². The molecule has 2 aliphatic heterocycles. The van der Waals surface area contributed by atoms with Gasteiger partial charge in [0.05, 0.1) is 0 Å². The average molecular weight is 508 g/mol. The van der Waals surface area contributed by atoms with Gasteiger partial charge in [-0.05, 0) is 87.1 Å². The van der Waals surface area contributed by atoms with Gasteiger partial charge in [-0.3, -0.25) is 0 Å². The van der Waals surface area contributed by atoms with Crippen LogP contribution in [0.1, 0.15) is 49.3 Å². The van der Waals surface area contributed by atoms with E-state index in [9.17, 15) is 22.8 Å². The average Bonchev–Trinajstić information content (AvgIpc) is 3.19. The smallest absolute Gasteiger partial charge is 0.419 e. The number of rotatable bonds is 6. The number of ether oxygens (including phenoxy) is 1. The maximum absolute atomic E-state index is 13.7. The molecule has 0 aliphatic carbocycles. The van der Waals surface area contributed by atoms with E-state index in [1.807, 2.05) is 12.1 Å². The van der Waals surface area contributed by atoms with Crippen LogP contribution in [-0.2, 0) is 4.74 Å². The zero-order valence-corrected chi connectivity index (χ0v) is 20.4. The summed E-state index contributed by atoms with van der Waals surface area (Å²) in [5.74, 6) is -1.85. The van der Waals surface area contributed by atoms with Gasteiger partial charge in [0, 0.05) is 13.7 Å². The van der Waals surface area contributed by atoms with Crippen molar-refractivity contribution in [1.29, 1.82) is 0 Å². The first-order valence-electron chi connectivity index (χ1n) is 12.0. The van der Waals surface area contributed by atoms with E-state index in [-0.39, 0.29) is 11.4 Å². The monoisotopic (exact) mass is 507 g/mol. The molecule has 3 amide bonds. The van der Waals surface area contributed by atoms with Crippen LogP contribution in [0.3, 0.4) is 0 Å². The van der Waals surface area contributed by atoms with Crippen molar-refractivity contribution < 1.29 is 32.6 Å². The molecule has 0 spiro atoms. The molecular weight excluding hydrogens is 475 g/mol. The van der Waals surface area contributed by atoms with Crippen LogP contribution in [0.2, 0.25) is 0 Å². The number of piperidine rings is 1. The van der Waals surface area contributed by atoms with Crippen molar-refractivity contribution in [2.75, 3.05) is 33.3 Å². The molecule has 0 radical (unpaired) electrons. The lowest BCUT2D eigenvalue weighted by molar-refractivity contribution is 0.138. The molecule has 36 heavy (non-hydrogen) atoms. The SMILES string of the molecule is CC1OC(=O)N(C(=O)NCCCN2CCC(c3ccc(F)cc3)CC2)C1c1ccc(F)c(F)c1.CO. The van der Waals surface area contributed by atoms with Gasteiger partial charge in [-0.25, -0.2) is 27.7 Å². The van der Waals surface area contributed by atoms with Crippen LogP contribution in [0, 0.1) is 17.5 Å². The Morgan fingerprint density at radius 2 is 1.67 bits per heavy atom. The van der Waals surface area contributed by atoms with Crippen molar-refractivity contribution in [2.45, 2.75) is 44.2 Å². The number of carbonyl (C=O) groups excluding carboxylic acids is 2. The molecule has 2 unspecified atom stereocenters. The van der Waals surface area contributed by atoms with Crippen molar-refractivity contribution in [2.24, 2.45) is 0 Å². The molecule has 2 aliphatic rings. The Labute approximate surface area is 208 Å². The number of imide groups is 1. The third-order valence-electron chi connectivity index (χ3n) is 6.57. The minimum Gasteiger partial charge on any atom is -0.443 e. The first-order chi connectivity index (χ1) is 17.3. The van der Waals surface area contributed by atoms with Crippen molar-refractivity contribution >= 4 is 12.1 Å². The summed E-state index contributed by atoms with van der Waals surface area (Å²) in [4.78, 5) is 28.2. The molecule has 2 aromatic carbocycles. The minimum atomic E-state index is -1.05. The van der Waals surface area contributed by atoms with Gasteiger partial charge < -0.3 is 20.1 Å². The molecule has 196 valence electrons. The summed E-state index contributed by atoms with van der Waals surface area (Å²) in [6.07, 6.45) is 1.17. The van der Waals surface area contributed by atoms with Gasteiger partial charge in [-0.2, -0.15) is 0 Å². The Hall–Kier alpha value is -3.11. The summed E-state index contributed by atoms with van der Waals surface area (Å²) >= 11 is 0. The number of likely N-dealkylation sites (tertiary alicyclic amines) is 1. The number of halogens is 3. The summed E-state index contributed by atoms with van der Waals surface area (Å²) in [7, 11) is 1.00. The van der Waals surface area contributed by atoms with Crippen LogP contribution in [0.5, 0.6) is 0 Å². The summed E-state index contributed by atoms with van der Waals surface area (Å²) in [5.41, 5.74) is 1.45. The van der Waals surface area contributed by atoms with Crippen LogP contribution in [0.4, 0.5) is 22.8 Å². The Kier molecular flexibility index (Phi) is 9.72. The molecule has 2 heterocycles. The lowest BCUT2D eigenvalue weighted by Gasteiger charge is -2.32. The highest BCUT2D eigenvalue weighted by molar-refractivity contribution is 5.93. The lowest BCUT2D eigenvalue weighted by atomic mass is 9.89. The van der Waals surface area contributed by atoms with Gasteiger partial charge in [0.15, 0.2) is 11.6 Å². The fourth-order valence-corrected chi connectivity index (χ4v) is 4.74. The molecule has 2 N–H and O–H groups in total. The van der Waals surface area contributed by atoms with E-state index < -0.39 is 35.9 Å². The highest BCUT2D eigenvalue weighted by atomic mass is 19.2. The highest BCUT2D eigenvalue weighted by Gasteiger charge is 2.44. The predicted molar refractivity (Wildman–Crippen MR) is 128 cm³/mol. The Bertz CT molecular complexity index is 1030. The van der Waals surface area contributed by atoms with E-state index in [2.05, 4.69) is 10.2 Å². The molecule has 4 rings (SSSR count). The van der Waals surface area contributed by atoms with Crippen LogP contribution >= 0.6 is 0 Å². The predicted octanol–water partition coefficient (Wildman–Crippen LogP) is 4.57. The molecule has 10 heteroatoms. The Balaban J connectivity index is 0.00000176. The quantitative estimate of drug-likeness (QED) is 0.560. The van der Waals surface area contributed by atoms with Crippen molar-refractivity contribution in [1.82, 2.24) is 15.1 Å². The fraction of sp³-hybridized carbons (Fsp3) is 0.462. The van der Waals surface area contributed by atoms with Gasteiger partial charge in [0.2, 0.25) is 0 Å². The number of carbonyl (C=O) groups is 2. The van der Waals surface area contributed by atoms with Gasteiger partial charge in [0.25, 0.3) is 0 Å². The summed E-state index contributed by atoms with van der Waals surface area (Å²) in [5, 5.41) is 9.74. The van der Waals surface area contributed by atoms with Crippen molar-refractivity contribution in [3.63, 3.8) is 0 Å². The number of urea groups is 1. The molecule has 2 saturated heterocycles. The van der Waals surface area contributed by atoms with E-state index in [0.717, 1.165) is 62.2 Å². The molecular formula is C26H32F3N3O4. The zero-order valence-electron chi connectivity index (χ0n) is 20.4. The first-order valence-corrected chi connectivity index (χ1v) is 12.0. The second-order valence-corrected chi connectivity index (χ2v) is 8.83. The number of aliphatic hydroxyl groups is 1. The molecule has 0 bridgehead atoms. The molecule has 2 aromatic rings. The van der Waals surface area contributed by atoms with Crippen LogP contribution < -0.4 is 5.32 Å². The van der Waals surface area contributed by atoms with E-state index in [0.29, 0.717) is 18.9 Å². The van der Waals surface area contributed by atoms with Gasteiger partial charge in [-0.1, -0.05) is 18.2 Å². The van der Waals surface area contributed by atoms with E-state index in [1.54, 1.807) is 6.92 Å². The normalized spacial score (nSPS) is 20.5. The number of amides is 3. The molecule has 0 saturated carbocycles. The van der Waals surface area contributed by atoms with Crippen LogP contribution in [0.15, 0.2) is 42.5 Å². The number of hydrogen-bond acceptors (Lipinski definition) is 5. The highest BCUT2D eigenvalue weighted by Crippen LogP contribution is 2.34. The maximum atomic E-state index is 13.7. The Morgan fingerprint density at radius 1 is 1.03 bits per heavy atom. The Morgan fingerprint density at radius 3 is 2.31 bits per heavy atom. The number of hydrogen-bond donors (Lipinski definition) is 2. The largest absolute Gasteiger partial charge is 0.443 e. The maximum Gasteiger partial charge on any atom is 0.419 e. The standard InChI is InChI=1S/C25H28F3N3O3.CH4O/c1-16-23(19-5-8-21(27)22(28)15-19)31(25(33)34-16)24(32)29-11-2-12-30-13-9-18(10-14-30)17-3-6-20(26)7-4-17;1-2/h3-8,15-16,18,23H,2,9-14H2,1H3,(H,29,32);2H,1H3. The summed E-state index contributed by atoms with van der Waals surface area (Å²) < 4.78 is 45.3. The van der Waals surface area contributed by atoms with Crippen LogP contribution in [0.25, 0.3) is 0 Å². The van der Waals surface area contributed by atoms with E-state index in [1.165, 1.54) is 18.2 Å². The number of nitrogens with zero attached hydrogens (tertiary/aromatic N) is 2. The van der Waals surface area contributed by atoms with E-state index >= 15 is 0 Å². The zero-order chi connectivity index (χ0) is 26.2. The summed E-state index contributed by atoms with van der Waals surface area (Å²) in [6, 6.07) is 8.52. The minimum absolute atomic E-state index is 0.226. The van der Waals surface area contributed by atoms with Crippen molar-refractivity contribution in [3.05, 3.63) is 71.0 Å². The number of benzene rings is 2. The number of aliphatic hydroxyl groups excluding tert-OH is 1. The molecule has 2 fully saturated rings. The third kappa shape index (κ3) is 6.55. The van der Waals surface area contributed by atoms with Gasteiger partial charge in [-0.15, -0.1) is 0 Å².